The maximum absolute atomic E-state index is 13.7. The van der Waals surface area contributed by atoms with Crippen molar-refractivity contribution in [1.29, 1.82) is 0 Å². The van der Waals surface area contributed by atoms with Crippen LogP contribution in [-0.4, -0.2) is 84.9 Å². The summed E-state index contributed by atoms with van der Waals surface area (Å²) in [6.07, 6.45) is 8.96. The predicted molar refractivity (Wildman–Crippen MR) is 181 cm³/mol. The van der Waals surface area contributed by atoms with E-state index in [1.54, 1.807) is 6.20 Å². The summed E-state index contributed by atoms with van der Waals surface area (Å²) in [6, 6.07) is 10.8. The summed E-state index contributed by atoms with van der Waals surface area (Å²) in [5, 5.41) is 19.9. The van der Waals surface area contributed by atoms with Gasteiger partial charge in [0.1, 0.15) is 18.1 Å². The highest BCUT2D eigenvalue weighted by atomic mass is 32.2. The lowest BCUT2D eigenvalue weighted by molar-refractivity contribution is -0.142. The van der Waals surface area contributed by atoms with Gasteiger partial charge >= 0.3 is 5.97 Å². The lowest BCUT2D eigenvalue weighted by Crippen LogP contribution is -2.58. The zero-order chi connectivity index (χ0) is 33.3. The number of carboxylic acid groups (broad SMARTS) is 1. The standard InChI is InChI=1S/C33H38N8O5S/c1-47-11-10-27(39-30(42)24(34)12-19-15-36-25-8-4-2-6-22(19)25)31(43)40-28(14-21-17-35-18-38-21)32(44)41-29(33(45)46)13-20-16-37-26-9-5-3-7-23(20)26/h2-9,15-18,24,27-29,36-37H,10-14,34H2,1H3,(H,35,38)(H,39,42)(H,40,43)(H,41,44)(H,45,46). The van der Waals surface area contributed by atoms with Crippen molar-refractivity contribution in [3.63, 3.8) is 0 Å². The fraction of sp³-hybridized carbons (Fsp3) is 0.303. The molecule has 246 valence electrons. The monoisotopic (exact) mass is 658 g/mol. The average Bonchev–Trinajstić information content (AvgIpc) is 3.83. The van der Waals surface area contributed by atoms with E-state index in [2.05, 4.69) is 35.9 Å². The number of carbonyl (C=O) groups excluding carboxylic acids is 3. The van der Waals surface area contributed by atoms with Crippen LogP contribution in [0.5, 0.6) is 0 Å². The highest BCUT2D eigenvalue weighted by molar-refractivity contribution is 7.98. The van der Waals surface area contributed by atoms with Crippen LogP contribution in [0.2, 0.25) is 0 Å². The summed E-state index contributed by atoms with van der Waals surface area (Å²) in [7, 11) is 0. The molecule has 5 aromatic rings. The maximum Gasteiger partial charge on any atom is 0.326 e. The van der Waals surface area contributed by atoms with Crippen LogP contribution in [0, 0.1) is 0 Å². The highest BCUT2D eigenvalue weighted by Crippen LogP contribution is 2.20. The fourth-order valence-electron chi connectivity index (χ4n) is 5.50. The molecule has 0 spiro atoms. The summed E-state index contributed by atoms with van der Waals surface area (Å²) in [4.78, 5) is 66.0. The van der Waals surface area contributed by atoms with Crippen LogP contribution in [-0.2, 0) is 38.4 Å². The van der Waals surface area contributed by atoms with Crippen LogP contribution < -0.4 is 21.7 Å². The van der Waals surface area contributed by atoms with Gasteiger partial charge in [0.2, 0.25) is 17.7 Å². The number of amides is 3. The number of nitrogens with one attached hydrogen (secondary N) is 6. The zero-order valence-corrected chi connectivity index (χ0v) is 26.6. The third-order valence-corrected chi connectivity index (χ3v) is 8.66. The Labute approximate surface area is 274 Å². The van der Waals surface area contributed by atoms with Crippen molar-refractivity contribution in [2.24, 2.45) is 5.73 Å². The molecule has 4 atom stereocenters. The number of para-hydroxylation sites is 2. The van der Waals surface area contributed by atoms with Crippen molar-refractivity contribution in [2.45, 2.75) is 49.9 Å². The van der Waals surface area contributed by atoms with Crippen LogP contribution in [0.15, 0.2) is 73.4 Å². The van der Waals surface area contributed by atoms with Crippen LogP contribution in [0.25, 0.3) is 21.8 Å². The number of carbonyl (C=O) groups is 4. The topological polar surface area (TPSA) is 211 Å². The molecule has 47 heavy (non-hydrogen) atoms. The summed E-state index contributed by atoms with van der Waals surface area (Å²) in [6.45, 7) is 0. The van der Waals surface area contributed by atoms with Crippen LogP contribution in [0.3, 0.4) is 0 Å². The van der Waals surface area contributed by atoms with Gasteiger partial charge in [-0.05, 0) is 48.1 Å². The quantitative estimate of drug-likeness (QED) is 0.0784. The third kappa shape index (κ3) is 8.40. The number of rotatable bonds is 16. The molecule has 0 aliphatic carbocycles. The largest absolute Gasteiger partial charge is 0.480 e. The Morgan fingerprint density at radius 3 is 1.96 bits per heavy atom. The number of fused-ring (bicyclic) bond motifs is 2. The first-order chi connectivity index (χ1) is 22.7. The number of nitrogens with two attached hydrogens (primary N) is 1. The van der Waals surface area contributed by atoms with Gasteiger partial charge in [-0.1, -0.05) is 36.4 Å². The highest BCUT2D eigenvalue weighted by Gasteiger charge is 2.31. The molecule has 13 nitrogen and oxygen atoms in total. The molecule has 14 heteroatoms. The van der Waals surface area contributed by atoms with Crippen LogP contribution >= 0.6 is 11.8 Å². The van der Waals surface area contributed by atoms with Crippen molar-refractivity contribution in [2.75, 3.05) is 12.0 Å². The second-order valence-electron chi connectivity index (χ2n) is 11.3. The summed E-state index contributed by atoms with van der Waals surface area (Å²) in [5.74, 6) is -2.44. The number of hydrogen-bond donors (Lipinski definition) is 8. The predicted octanol–water partition coefficient (Wildman–Crippen LogP) is 2.02. The van der Waals surface area contributed by atoms with Crippen molar-refractivity contribution in [3.05, 3.63) is 90.3 Å². The number of aromatic amines is 3. The van der Waals surface area contributed by atoms with Gasteiger partial charge < -0.3 is 41.7 Å². The number of thioether (sulfide) groups is 1. The average molecular weight is 659 g/mol. The Morgan fingerprint density at radius 1 is 0.787 bits per heavy atom. The summed E-state index contributed by atoms with van der Waals surface area (Å²) < 4.78 is 0. The first-order valence-corrected chi connectivity index (χ1v) is 16.6. The number of aromatic nitrogens is 4. The molecule has 0 radical (unpaired) electrons. The van der Waals surface area contributed by atoms with E-state index in [9.17, 15) is 24.3 Å². The number of nitrogens with zero attached hydrogens (tertiary/aromatic N) is 1. The van der Waals surface area contributed by atoms with E-state index in [4.69, 9.17) is 5.73 Å². The molecule has 0 aliphatic heterocycles. The minimum atomic E-state index is -1.27. The smallest absolute Gasteiger partial charge is 0.326 e. The van der Waals surface area contributed by atoms with E-state index in [-0.39, 0.29) is 25.7 Å². The summed E-state index contributed by atoms with van der Waals surface area (Å²) >= 11 is 1.50. The minimum absolute atomic E-state index is 0.0142. The Kier molecular flexibility index (Phi) is 11.0. The van der Waals surface area contributed by atoms with Gasteiger partial charge in [0, 0.05) is 58.9 Å². The van der Waals surface area contributed by atoms with Crippen LogP contribution in [0.1, 0.15) is 23.2 Å². The van der Waals surface area contributed by atoms with Crippen molar-refractivity contribution in [1.82, 2.24) is 35.9 Å². The molecular formula is C33H38N8O5S. The molecule has 0 saturated carbocycles. The summed E-state index contributed by atoms with van der Waals surface area (Å²) in [5.41, 5.74) is 10.2. The van der Waals surface area contributed by atoms with Crippen molar-refractivity contribution < 1.29 is 24.3 Å². The molecule has 3 amide bonds. The van der Waals surface area contributed by atoms with Gasteiger partial charge in [-0.25, -0.2) is 9.78 Å². The van der Waals surface area contributed by atoms with Crippen molar-refractivity contribution in [3.8, 4) is 0 Å². The van der Waals surface area contributed by atoms with E-state index in [0.717, 1.165) is 32.9 Å². The SMILES string of the molecule is CSCCC(NC(=O)C(N)Cc1c[nH]c2ccccc12)C(=O)NC(Cc1cnc[nH]1)C(=O)NC(Cc1c[nH]c2ccccc12)C(=O)O. The van der Waals surface area contributed by atoms with Gasteiger partial charge in [0.15, 0.2) is 0 Å². The molecule has 3 aromatic heterocycles. The molecular weight excluding hydrogens is 620 g/mol. The van der Waals surface area contributed by atoms with Gasteiger partial charge in [0.25, 0.3) is 0 Å². The first kappa shape index (κ1) is 33.3. The van der Waals surface area contributed by atoms with E-state index in [0.29, 0.717) is 11.4 Å². The van der Waals surface area contributed by atoms with Gasteiger partial charge in [-0.2, -0.15) is 11.8 Å². The molecule has 3 heterocycles. The van der Waals surface area contributed by atoms with E-state index in [1.165, 1.54) is 24.3 Å². The number of hydrogen-bond acceptors (Lipinski definition) is 7. The molecule has 4 unspecified atom stereocenters. The van der Waals surface area contributed by atoms with E-state index in [1.807, 2.05) is 61.0 Å². The lowest BCUT2D eigenvalue weighted by Gasteiger charge is -2.25. The normalized spacial score (nSPS) is 13.9. The molecule has 0 saturated heterocycles. The second kappa shape index (κ2) is 15.5. The fourth-order valence-corrected chi connectivity index (χ4v) is 5.98. The third-order valence-electron chi connectivity index (χ3n) is 8.02. The Balaban J connectivity index is 1.28. The second-order valence-corrected chi connectivity index (χ2v) is 12.3. The molecule has 5 rings (SSSR count). The number of aliphatic carboxylic acids is 1. The minimum Gasteiger partial charge on any atom is -0.480 e. The van der Waals surface area contributed by atoms with E-state index < -0.39 is 47.9 Å². The number of H-pyrrole nitrogens is 3. The van der Waals surface area contributed by atoms with Gasteiger partial charge in [-0.3, -0.25) is 14.4 Å². The number of imidazole rings is 1. The molecule has 2 aromatic carbocycles. The Bertz CT molecular complexity index is 1830. The maximum atomic E-state index is 13.7. The van der Waals surface area contributed by atoms with Crippen LogP contribution in [0.4, 0.5) is 0 Å². The Hall–Kier alpha value is -5.08. The van der Waals surface area contributed by atoms with E-state index >= 15 is 0 Å². The molecule has 9 N–H and O–H groups in total. The van der Waals surface area contributed by atoms with Gasteiger partial charge in [-0.15, -0.1) is 0 Å². The first-order valence-electron chi connectivity index (χ1n) is 15.2. The number of benzene rings is 2. The molecule has 0 aliphatic rings. The zero-order valence-electron chi connectivity index (χ0n) is 25.8. The number of carboxylic acids is 1. The van der Waals surface area contributed by atoms with Gasteiger partial charge in [0.05, 0.1) is 12.4 Å². The van der Waals surface area contributed by atoms with Crippen molar-refractivity contribution >= 4 is 57.3 Å². The molecule has 0 bridgehead atoms. The Morgan fingerprint density at radius 2 is 1.36 bits per heavy atom. The lowest BCUT2D eigenvalue weighted by atomic mass is 10.0. The molecule has 0 fully saturated rings.